The minimum Gasteiger partial charge on any atom is -0.508 e. The number of phosphoric acid groups is 1. The Morgan fingerprint density at radius 1 is 1.09 bits per heavy atom. The summed E-state index contributed by atoms with van der Waals surface area (Å²) in [4.78, 5) is 30.4. The van der Waals surface area contributed by atoms with Crippen molar-refractivity contribution >= 4 is 13.6 Å². The summed E-state index contributed by atoms with van der Waals surface area (Å²) in [5.41, 5.74) is 0.352. The zero-order valence-electron chi connectivity index (χ0n) is 12.1. The van der Waals surface area contributed by atoms with Gasteiger partial charge in [0.2, 0.25) is 0 Å². The van der Waals surface area contributed by atoms with Gasteiger partial charge < -0.3 is 14.7 Å². The van der Waals surface area contributed by atoms with Crippen molar-refractivity contribution in [3.05, 3.63) is 53.6 Å². The Balaban J connectivity index is 2.42. The van der Waals surface area contributed by atoms with E-state index in [0.29, 0.717) is 5.56 Å². The first-order valence-electron chi connectivity index (χ1n) is 6.58. The molecule has 0 bridgehead atoms. The van der Waals surface area contributed by atoms with Crippen molar-refractivity contribution in [3.63, 3.8) is 0 Å². The Kier molecular flexibility index (Phi) is 4.75. The van der Waals surface area contributed by atoms with Gasteiger partial charge in [0.25, 0.3) is 0 Å². The maximum absolute atomic E-state index is 12.6. The van der Waals surface area contributed by atoms with Crippen LogP contribution in [-0.4, -0.2) is 25.8 Å². The van der Waals surface area contributed by atoms with Crippen molar-refractivity contribution in [2.24, 2.45) is 0 Å². The summed E-state index contributed by atoms with van der Waals surface area (Å²) in [6.45, 7) is 1.57. The van der Waals surface area contributed by atoms with Crippen LogP contribution in [0.15, 0.2) is 42.5 Å². The number of aromatic hydroxyl groups is 2. The second kappa shape index (κ2) is 6.42. The van der Waals surface area contributed by atoms with Crippen LogP contribution >= 0.6 is 7.82 Å². The molecule has 122 valence electrons. The second-order valence-electron chi connectivity index (χ2n) is 4.94. The molecule has 0 heterocycles. The number of Topliss-reactive ketones (excluding diaryl/α,β-unsaturated/α-hetero) is 1. The van der Waals surface area contributed by atoms with E-state index in [9.17, 15) is 19.6 Å². The number of phosphoric ester groups is 1. The highest BCUT2D eigenvalue weighted by Gasteiger charge is 2.25. The fourth-order valence-corrected chi connectivity index (χ4v) is 2.51. The Hall–Kier alpha value is -2.34. The van der Waals surface area contributed by atoms with E-state index in [1.807, 2.05) is 0 Å². The fourth-order valence-electron chi connectivity index (χ4n) is 2.10. The summed E-state index contributed by atoms with van der Waals surface area (Å²) >= 11 is 0. The third-order valence-corrected chi connectivity index (χ3v) is 3.64. The van der Waals surface area contributed by atoms with Gasteiger partial charge in [-0.15, -0.1) is 0 Å². The number of hydrogen-bond acceptors (Lipinski definition) is 5. The molecule has 0 aliphatic rings. The van der Waals surface area contributed by atoms with Crippen LogP contribution in [0.2, 0.25) is 0 Å². The highest BCUT2D eigenvalue weighted by Crippen LogP contribution is 2.41. The molecule has 0 radical (unpaired) electrons. The van der Waals surface area contributed by atoms with Crippen LogP contribution in [-0.2, 0) is 4.57 Å². The van der Waals surface area contributed by atoms with Crippen LogP contribution in [0.5, 0.6) is 17.2 Å². The zero-order valence-corrected chi connectivity index (χ0v) is 13.0. The van der Waals surface area contributed by atoms with Gasteiger partial charge in [-0.05, 0) is 35.9 Å². The minimum absolute atomic E-state index is 0.00949. The Morgan fingerprint density at radius 2 is 1.74 bits per heavy atom. The molecule has 0 amide bonds. The summed E-state index contributed by atoms with van der Waals surface area (Å²) in [5.74, 6) is -1.81. The third-order valence-electron chi connectivity index (χ3n) is 3.21. The van der Waals surface area contributed by atoms with Crippen LogP contribution in [0.3, 0.4) is 0 Å². The topological polar surface area (TPSA) is 124 Å². The number of phenols is 2. The molecule has 7 nitrogen and oxygen atoms in total. The number of carbonyl (C=O) groups excluding carboxylic acids is 1. The lowest BCUT2D eigenvalue weighted by Gasteiger charge is -2.15. The Morgan fingerprint density at radius 3 is 2.35 bits per heavy atom. The van der Waals surface area contributed by atoms with Crippen LogP contribution in [0, 0.1) is 0 Å². The molecule has 2 rings (SSSR count). The van der Waals surface area contributed by atoms with Gasteiger partial charge in [0.1, 0.15) is 17.2 Å². The van der Waals surface area contributed by atoms with Crippen LogP contribution in [0.25, 0.3) is 0 Å². The van der Waals surface area contributed by atoms with Gasteiger partial charge in [0, 0.05) is 5.92 Å². The average Bonchev–Trinajstić information content (AvgIpc) is 2.46. The van der Waals surface area contributed by atoms with E-state index in [0.717, 1.165) is 18.2 Å². The van der Waals surface area contributed by atoms with Crippen LogP contribution in [0.1, 0.15) is 28.8 Å². The Bertz CT molecular complexity index is 781. The van der Waals surface area contributed by atoms with E-state index in [-0.39, 0.29) is 22.8 Å². The van der Waals surface area contributed by atoms with Crippen LogP contribution < -0.4 is 4.52 Å². The molecule has 0 saturated heterocycles. The SMILES string of the molecule is CC(C(=O)c1cc(O)ccc1OP(=O)(O)O)c1cccc(O)c1. The molecule has 4 N–H and O–H groups in total. The maximum Gasteiger partial charge on any atom is 0.524 e. The molecule has 0 aromatic heterocycles. The lowest BCUT2D eigenvalue weighted by Crippen LogP contribution is -2.11. The van der Waals surface area contributed by atoms with Crippen molar-refractivity contribution in [3.8, 4) is 17.2 Å². The van der Waals surface area contributed by atoms with Gasteiger partial charge in [-0.3, -0.25) is 14.6 Å². The standard InChI is InChI=1S/C15H15O7P/c1-9(10-3-2-4-11(16)7-10)15(18)13-8-12(17)5-6-14(13)22-23(19,20)21/h2-9,16-17H,1H3,(H2,19,20,21). The molecule has 1 atom stereocenters. The summed E-state index contributed by atoms with van der Waals surface area (Å²) in [6.07, 6.45) is 0. The van der Waals surface area contributed by atoms with E-state index < -0.39 is 19.5 Å². The van der Waals surface area contributed by atoms with Crippen LogP contribution in [0.4, 0.5) is 0 Å². The number of benzene rings is 2. The van der Waals surface area contributed by atoms with Gasteiger partial charge in [0.15, 0.2) is 5.78 Å². The molecular weight excluding hydrogens is 323 g/mol. The smallest absolute Gasteiger partial charge is 0.508 e. The first-order valence-corrected chi connectivity index (χ1v) is 8.12. The average molecular weight is 338 g/mol. The number of rotatable bonds is 5. The van der Waals surface area contributed by atoms with Crippen molar-refractivity contribution in [2.45, 2.75) is 12.8 Å². The number of carbonyl (C=O) groups is 1. The molecular formula is C15H15O7P. The summed E-state index contributed by atoms with van der Waals surface area (Å²) < 4.78 is 15.5. The normalized spacial score (nSPS) is 12.7. The maximum atomic E-state index is 12.6. The predicted molar refractivity (Wildman–Crippen MR) is 81.6 cm³/mol. The van der Waals surface area contributed by atoms with Crippen molar-refractivity contribution < 1.29 is 33.9 Å². The van der Waals surface area contributed by atoms with E-state index in [4.69, 9.17) is 9.79 Å². The largest absolute Gasteiger partial charge is 0.524 e. The molecule has 2 aromatic carbocycles. The lowest BCUT2D eigenvalue weighted by atomic mass is 9.91. The molecule has 0 aliphatic carbocycles. The molecule has 23 heavy (non-hydrogen) atoms. The summed E-state index contributed by atoms with van der Waals surface area (Å²) in [5, 5.41) is 19.0. The van der Waals surface area contributed by atoms with Gasteiger partial charge in [0.05, 0.1) is 5.56 Å². The number of hydrogen-bond donors (Lipinski definition) is 4. The molecule has 0 spiro atoms. The second-order valence-corrected chi connectivity index (χ2v) is 6.11. The molecule has 0 fully saturated rings. The zero-order chi connectivity index (χ0) is 17.2. The van der Waals surface area contributed by atoms with Gasteiger partial charge in [-0.25, -0.2) is 4.57 Å². The summed E-state index contributed by atoms with van der Waals surface area (Å²) in [6, 6.07) is 9.41. The number of ketones is 1. The fraction of sp³-hybridized carbons (Fsp3) is 0.133. The van der Waals surface area contributed by atoms with Gasteiger partial charge >= 0.3 is 7.82 Å². The summed E-state index contributed by atoms with van der Waals surface area (Å²) in [7, 11) is -4.85. The van der Waals surface area contributed by atoms with Gasteiger partial charge in [-0.2, -0.15) is 0 Å². The first-order chi connectivity index (χ1) is 10.7. The molecule has 0 saturated carbocycles. The van der Waals surface area contributed by atoms with E-state index in [2.05, 4.69) is 4.52 Å². The molecule has 0 aliphatic heterocycles. The first kappa shape index (κ1) is 17.0. The quantitative estimate of drug-likeness (QED) is 0.488. The molecule has 8 heteroatoms. The van der Waals surface area contributed by atoms with E-state index >= 15 is 0 Å². The third kappa shape index (κ3) is 4.32. The lowest BCUT2D eigenvalue weighted by molar-refractivity contribution is 0.0964. The highest BCUT2D eigenvalue weighted by molar-refractivity contribution is 7.46. The van der Waals surface area contributed by atoms with Crippen molar-refractivity contribution in [1.82, 2.24) is 0 Å². The Labute approximate surface area is 132 Å². The minimum atomic E-state index is -4.85. The highest BCUT2D eigenvalue weighted by atomic mass is 31.2. The molecule has 2 aromatic rings. The van der Waals surface area contributed by atoms with E-state index in [1.54, 1.807) is 19.1 Å². The number of phenolic OH excluding ortho intramolecular Hbond substituents is 2. The van der Waals surface area contributed by atoms with E-state index in [1.165, 1.54) is 12.1 Å². The molecule has 1 unspecified atom stereocenters. The monoisotopic (exact) mass is 338 g/mol. The predicted octanol–water partition coefficient (Wildman–Crippen LogP) is 2.56. The van der Waals surface area contributed by atoms with Crippen molar-refractivity contribution in [1.29, 1.82) is 0 Å². The van der Waals surface area contributed by atoms with Gasteiger partial charge in [-0.1, -0.05) is 19.1 Å². The van der Waals surface area contributed by atoms with Crippen molar-refractivity contribution in [2.75, 3.05) is 0 Å².